The number of carboxylic acid groups (broad SMARTS) is 1. The second kappa shape index (κ2) is 5.45. The molecule has 0 aromatic carbocycles. The normalized spacial score (nSPS) is 12.7. The van der Waals surface area contributed by atoms with Crippen LogP contribution < -0.4 is 5.32 Å². The van der Waals surface area contributed by atoms with Crippen LogP contribution in [0.3, 0.4) is 0 Å². The zero-order valence-electron chi connectivity index (χ0n) is 8.97. The molecule has 1 atom stereocenters. The molecule has 1 rings (SSSR count). The first-order valence-corrected chi connectivity index (χ1v) is 4.95. The van der Waals surface area contributed by atoms with Gasteiger partial charge in [-0.2, -0.15) is 0 Å². The highest BCUT2D eigenvalue weighted by Gasteiger charge is 2.15. The van der Waals surface area contributed by atoms with Crippen LogP contribution in [0.4, 0.5) is 0 Å². The molecule has 1 heterocycles. The van der Waals surface area contributed by atoms with E-state index in [9.17, 15) is 4.79 Å². The van der Waals surface area contributed by atoms with Gasteiger partial charge in [-0.3, -0.25) is 14.8 Å². The van der Waals surface area contributed by atoms with Crippen molar-refractivity contribution < 1.29 is 9.90 Å². The van der Waals surface area contributed by atoms with Gasteiger partial charge in [0, 0.05) is 19.8 Å². The van der Waals surface area contributed by atoms with Crippen molar-refractivity contribution in [3.63, 3.8) is 0 Å². The second-order valence-electron chi connectivity index (χ2n) is 3.44. The molecule has 6 nitrogen and oxygen atoms in total. The molecule has 0 aliphatic heterocycles. The number of hydrogen-bond acceptors (Lipinski definition) is 4. The topological polar surface area (TPSA) is 80.0 Å². The zero-order valence-corrected chi connectivity index (χ0v) is 8.97. The highest BCUT2D eigenvalue weighted by Crippen LogP contribution is 1.99. The van der Waals surface area contributed by atoms with Crippen LogP contribution in [-0.2, 0) is 18.4 Å². The molecule has 1 aromatic rings. The summed E-state index contributed by atoms with van der Waals surface area (Å²) in [6.07, 6.45) is 3.22. The summed E-state index contributed by atoms with van der Waals surface area (Å²) in [4.78, 5) is 10.8. The fourth-order valence-electron chi connectivity index (χ4n) is 1.31. The van der Waals surface area contributed by atoms with E-state index in [1.165, 1.54) is 0 Å². The highest BCUT2D eigenvalue weighted by atomic mass is 16.4. The summed E-state index contributed by atoms with van der Waals surface area (Å²) in [6.45, 7) is 2.39. The van der Waals surface area contributed by atoms with Gasteiger partial charge in [0.25, 0.3) is 0 Å². The Balaban J connectivity index is 2.43. The average Bonchev–Trinajstić information content (AvgIpc) is 2.58. The predicted molar refractivity (Wildman–Crippen MR) is 54.2 cm³/mol. The van der Waals surface area contributed by atoms with Crippen molar-refractivity contribution in [2.24, 2.45) is 7.05 Å². The molecule has 0 saturated heterocycles. The number of aliphatic carboxylic acids is 1. The summed E-state index contributed by atoms with van der Waals surface area (Å²) in [7, 11) is 1.78. The van der Waals surface area contributed by atoms with Crippen LogP contribution in [0.1, 0.15) is 25.5 Å². The molecule has 2 N–H and O–H groups in total. The summed E-state index contributed by atoms with van der Waals surface area (Å²) >= 11 is 0. The van der Waals surface area contributed by atoms with Gasteiger partial charge < -0.3 is 5.11 Å². The number of aromatic nitrogens is 3. The third-order valence-electron chi connectivity index (χ3n) is 2.06. The molecular weight excluding hydrogens is 196 g/mol. The minimum absolute atomic E-state index is 0.435. The van der Waals surface area contributed by atoms with Crippen molar-refractivity contribution in [1.82, 2.24) is 20.3 Å². The summed E-state index contributed by atoms with van der Waals surface area (Å²) in [5, 5.41) is 19.4. The first kappa shape index (κ1) is 11.6. The van der Waals surface area contributed by atoms with Crippen molar-refractivity contribution in [1.29, 1.82) is 0 Å². The van der Waals surface area contributed by atoms with Gasteiger partial charge in [-0.1, -0.05) is 18.6 Å². The van der Waals surface area contributed by atoms with Crippen LogP contribution >= 0.6 is 0 Å². The molecule has 1 aromatic heterocycles. The number of carboxylic acids is 1. The van der Waals surface area contributed by atoms with Crippen LogP contribution in [0, 0.1) is 0 Å². The van der Waals surface area contributed by atoms with Gasteiger partial charge >= 0.3 is 5.97 Å². The van der Waals surface area contributed by atoms with Crippen LogP contribution in [0.5, 0.6) is 0 Å². The van der Waals surface area contributed by atoms with Gasteiger partial charge in [0.05, 0.1) is 5.69 Å². The second-order valence-corrected chi connectivity index (χ2v) is 3.44. The smallest absolute Gasteiger partial charge is 0.320 e. The highest BCUT2D eigenvalue weighted by molar-refractivity contribution is 5.73. The van der Waals surface area contributed by atoms with E-state index in [1.807, 2.05) is 6.92 Å². The molecule has 0 saturated carbocycles. The Morgan fingerprint density at radius 3 is 2.93 bits per heavy atom. The number of hydrogen-bond donors (Lipinski definition) is 2. The molecule has 0 aliphatic rings. The van der Waals surface area contributed by atoms with Crippen molar-refractivity contribution >= 4 is 5.97 Å². The number of carbonyl (C=O) groups is 1. The Kier molecular flexibility index (Phi) is 4.23. The van der Waals surface area contributed by atoms with E-state index in [4.69, 9.17) is 5.11 Å². The van der Waals surface area contributed by atoms with Crippen molar-refractivity contribution in [3.8, 4) is 0 Å². The number of aryl methyl sites for hydroxylation is 1. The lowest BCUT2D eigenvalue weighted by Gasteiger charge is -2.11. The number of nitrogens with one attached hydrogen (secondary N) is 1. The maximum Gasteiger partial charge on any atom is 0.320 e. The molecule has 84 valence electrons. The molecule has 0 fully saturated rings. The molecule has 0 spiro atoms. The zero-order chi connectivity index (χ0) is 11.3. The Labute approximate surface area is 88.3 Å². The van der Waals surface area contributed by atoms with E-state index < -0.39 is 12.0 Å². The van der Waals surface area contributed by atoms with E-state index in [-0.39, 0.29) is 0 Å². The van der Waals surface area contributed by atoms with Gasteiger partial charge in [-0.15, -0.1) is 5.10 Å². The fourth-order valence-corrected chi connectivity index (χ4v) is 1.31. The van der Waals surface area contributed by atoms with Crippen molar-refractivity contribution in [3.05, 3.63) is 11.9 Å². The maximum absolute atomic E-state index is 10.8. The lowest BCUT2D eigenvalue weighted by atomic mass is 10.1. The lowest BCUT2D eigenvalue weighted by Crippen LogP contribution is -2.36. The molecule has 0 radical (unpaired) electrons. The molecule has 15 heavy (non-hydrogen) atoms. The van der Waals surface area contributed by atoms with Crippen molar-refractivity contribution in [2.45, 2.75) is 32.4 Å². The van der Waals surface area contributed by atoms with Gasteiger partial charge in [0.15, 0.2) is 0 Å². The maximum atomic E-state index is 10.8. The third-order valence-corrected chi connectivity index (χ3v) is 2.06. The van der Waals surface area contributed by atoms with Crippen LogP contribution in [-0.4, -0.2) is 32.1 Å². The van der Waals surface area contributed by atoms with Crippen molar-refractivity contribution in [2.75, 3.05) is 0 Å². The van der Waals surface area contributed by atoms with Crippen LogP contribution in [0.2, 0.25) is 0 Å². The first-order valence-electron chi connectivity index (χ1n) is 4.95. The molecule has 6 heteroatoms. The number of nitrogens with zero attached hydrogens (tertiary/aromatic N) is 3. The Morgan fingerprint density at radius 2 is 2.47 bits per heavy atom. The Morgan fingerprint density at radius 1 is 1.73 bits per heavy atom. The van der Waals surface area contributed by atoms with E-state index in [1.54, 1.807) is 17.9 Å². The SMILES string of the molecule is CCCC(NCc1cn(C)nn1)C(=O)O. The minimum Gasteiger partial charge on any atom is -0.480 e. The first-order chi connectivity index (χ1) is 7.13. The number of rotatable bonds is 6. The van der Waals surface area contributed by atoms with Gasteiger partial charge in [0.1, 0.15) is 6.04 Å². The summed E-state index contributed by atoms with van der Waals surface area (Å²) in [6, 6.07) is -0.503. The standard InChI is InChI=1S/C9H16N4O2/c1-3-4-8(9(14)15)10-5-7-6-13(2)12-11-7/h6,8,10H,3-5H2,1-2H3,(H,14,15). The van der Waals surface area contributed by atoms with Gasteiger partial charge in [-0.05, 0) is 6.42 Å². The van der Waals surface area contributed by atoms with E-state index in [2.05, 4.69) is 15.6 Å². The van der Waals surface area contributed by atoms with Crippen LogP contribution in [0.15, 0.2) is 6.20 Å². The van der Waals surface area contributed by atoms with E-state index in [0.29, 0.717) is 13.0 Å². The van der Waals surface area contributed by atoms with Gasteiger partial charge in [0.2, 0.25) is 0 Å². The van der Waals surface area contributed by atoms with E-state index >= 15 is 0 Å². The van der Waals surface area contributed by atoms with E-state index in [0.717, 1.165) is 12.1 Å². The Hall–Kier alpha value is -1.43. The largest absolute Gasteiger partial charge is 0.480 e. The summed E-state index contributed by atoms with van der Waals surface area (Å²) in [5.74, 6) is -0.819. The molecule has 0 amide bonds. The fraction of sp³-hybridized carbons (Fsp3) is 0.667. The molecular formula is C9H16N4O2. The lowest BCUT2D eigenvalue weighted by molar-refractivity contribution is -0.139. The third kappa shape index (κ3) is 3.67. The molecule has 1 unspecified atom stereocenters. The minimum atomic E-state index is -0.819. The summed E-state index contributed by atoms with van der Waals surface area (Å²) in [5.41, 5.74) is 0.750. The van der Waals surface area contributed by atoms with Gasteiger partial charge in [-0.25, -0.2) is 0 Å². The average molecular weight is 212 g/mol. The predicted octanol–water partition coefficient (Wildman–Crippen LogP) is 0.158. The Bertz CT molecular complexity index is 324. The molecule has 0 bridgehead atoms. The summed E-state index contributed by atoms with van der Waals surface area (Å²) < 4.78 is 1.59. The monoisotopic (exact) mass is 212 g/mol. The quantitative estimate of drug-likeness (QED) is 0.702. The molecule has 0 aliphatic carbocycles. The van der Waals surface area contributed by atoms with Crippen LogP contribution in [0.25, 0.3) is 0 Å².